The third-order valence-corrected chi connectivity index (χ3v) is 4.96. The number of pyridine rings is 2. The predicted octanol–water partition coefficient (Wildman–Crippen LogP) is 3.80. The van der Waals surface area contributed by atoms with Gasteiger partial charge in [-0.05, 0) is 60.7 Å². The van der Waals surface area contributed by atoms with Crippen LogP contribution in [0.4, 0.5) is 26.3 Å². The van der Waals surface area contributed by atoms with Crippen LogP contribution in [-0.2, 0) is 12.4 Å². The van der Waals surface area contributed by atoms with Crippen molar-refractivity contribution in [2.24, 2.45) is 5.34 Å². The fraction of sp³-hybridized carbons (Fsp3) is 0.0714. The van der Waals surface area contributed by atoms with Crippen molar-refractivity contribution in [1.82, 2.24) is 30.4 Å². The van der Waals surface area contributed by atoms with Crippen LogP contribution in [0.3, 0.4) is 0 Å². The molecule has 0 bridgehead atoms. The van der Waals surface area contributed by atoms with Crippen LogP contribution in [-0.4, -0.2) is 30.4 Å². The van der Waals surface area contributed by atoms with Gasteiger partial charge in [0, 0.05) is 18.0 Å². The monoisotopic (exact) mass is 647 g/mol. The summed E-state index contributed by atoms with van der Waals surface area (Å²) >= 11 is 0. The van der Waals surface area contributed by atoms with Crippen LogP contribution in [0, 0.1) is 32.8 Å². The van der Waals surface area contributed by atoms with Gasteiger partial charge in [-0.1, -0.05) is 24.3 Å². The molecule has 0 amide bonds. The summed E-state index contributed by atoms with van der Waals surface area (Å²) < 4.78 is 73.3. The largest absolute Gasteiger partial charge is 1.00 e. The SMILES string of the molecule is FC(F)(F)c1ccc(-c2nnc(-c3ccccn3)nn2)cc1.N#Cc1ccc(C(F)(F)F)cc1.N#Cc1ccccn1.O=N[O-].[Na+]. The van der Waals surface area contributed by atoms with E-state index in [1.807, 2.05) is 6.07 Å². The summed E-state index contributed by atoms with van der Waals surface area (Å²) in [4.78, 5) is 15.8. The third kappa shape index (κ3) is 13.1. The summed E-state index contributed by atoms with van der Waals surface area (Å²) in [5.41, 5.74) is 0.140. The molecule has 0 N–H and O–H groups in total. The second kappa shape index (κ2) is 19.1. The summed E-state index contributed by atoms with van der Waals surface area (Å²) in [6, 6.07) is 22.7. The van der Waals surface area contributed by atoms with Crippen molar-refractivity contribution >= 4 is 0 Å². The van der Waals surface area contributed by atoms with Crippen molar-refractivity contribution in [1.29, 1.82) is 10.5 Å². The van der Waals surface area contributed by atoms with E-state index in [4.69, 9.17) is 20.6 Å². The van der Waals surface area contributed by atoms with E-state index < -0.39 is 23.5 Å². The van der Waals surface area contributed by atoms with E-state index in [1.165, 1.54) is 12.1 Å². The molecule has 0 aliphatic rings. The minimum Gasteiger partial charge on any atom is -0.444 e. The smallest absolute Gasteiger partial charge is 0.444 e. The van der Waals surface area contributed by atoms with E-state index in [0.717, 1.165) is 41.7 Å². The summed E-state index contributed by atoms with van der Waals surface area (Å²) in [6.45, 7) is 0. The summed E-state index contributed by atoms with van der Waals surface area (Å²) in [6.07, 6.45) is -5.52. The third-order valence-electron chi connectivity index (χ3n) is 4.96. The van der Waals surface area contributed by atoms with Crippen LogP contribution in [0.25, 0.3) is 22.9 Å². The summed E-state index contributed by atoms with van der Waals surface area (Å²) in [5.74, 6) is 0.393. The van der Waals surface area contributed by atoms with Gasteiger partial charge in [0.2, 0.25) is 11.6 Å². The molecule has 3 aromatic heterocycles. The molecule has 46 heavy (non-hydrogen) atoms. The molecule has 0 radical (unpaired) electrons. The van der Waals surface area contributed by atoms with Gasteiger partial charge in [-0.25, -0.2) is 4.98 Å². The van der Waals surface area contributed by atoms with Crippen LogP contribution in [0.5, 0.6) is 0 Å². The molecule has 5 aromatic rings. The first-order valence-electron chi connectivity index (χ1n) is 11.9. The Morgan fingerprint density at radius 1 is 0.630 bits per heavy atom. The Labute approximate surface area is 278 Å². The molecule has 0 spiro atoms. The standard InChI is InChI=1S/C14H8F3N5.C8H4F3N.C6H4N2.HNO2.Na/c15-14(16,17)10-6-4-9(5-7-10)12-19-21-13(22-20-12)11-3-1-2-8-18-11;9-8(10,11)7-3-1-6(5-12)2-4-7;7-5-6-3-1-2-4-8-6;2-1-3;/h1-8H;1-4H;1-4H;(H,2,3);/q;;;;+1/p-1. The topological polar surface area (TPSA) is 177 Å². The van der Waals surface area contributed by atoms with E-state index >= 15 is 0 Å². The minimum atomic E-state index is -4.38. The molecular formula is C28H16F6N9NaO2. The quantitative estimate of drug-likeness (QED) is 0.119. The number of halogens is 6. The molecule has 3 heterocycles. The molecule has 0 atom stereocenters. The normalized spacial score (nSPS) is 9.91. The number of aromatic nitrogens is 6. The van der Waals surface area contributed by atoms with Gasteiger partial charge in [-0.3, -0.25) is 4.98 Å². The molecule has 0 fully saturated rings. The van der Waals surface area contributed by atoms with E-state index in [0.29, 0.717) is 17.0 Å². The average molecular weight is 647 g/mol. The zero-order chi connectivity index (χ0) is 33.3. The number of nitriles is 2. The van der Waals surface area contributed by atoms with E-state index in [1.54, 1.807) is 54.9 Å². The van der Waals surface area contributed by atoms with E-state index in [-0.39, 0.29) is 46.8 Å². The Bertz CT molecular complexity index is 1700. The van der Waals surface area contributed by atoms with Crippen molar-refractivity contribution in [2.45, 2.75) is 12.4 Å². The van der Waals surface area contributed by atoms with Crippen LogP contribution in [0.2, 0.25) is 0 Å². The van der Waals surface area contributed by atoms with Crippen LogP contribution in [0.15, 0.2) is 103 Å². The van der Waals surface area contributed by atoms with Crippen LogP contribution < -0.4 is 29.6 Å². The average Bonchev–Trinajstić information content (AvgIpc) is 3.06. The zero-order valence-electron chi connectivity index (χ0n) is 23.3. The fourth-order valence-corrected chi connectivity index (χ4v) is 2.91. The van der Waals surface area contributed by atoms with Crippen molar-refractivity contribution in [2.75, 3.05) is 0 Å². The van der Waals surface area contributed by atoms with Gasteiger partial charge in [0.1, 0.15) is 17.5 Å². The van der Waals surface area contributed by atoms with Crippen molar-refractivity contribution in [3.63, 3.8) is 0 Å². The predicted molar refractivity (Wildman–Crippen MR) is 146 cm³/mol. The first kappa shape index (κ1) is 38.7. The number of alkyl halides is 6. The second-order valence-electron chi connectivity index (χ2n) is 7.93. The van der Waals surface area contributed by atoms with Crippen LogP contribution >= 0.6 is 0 Å². The Hall–Kier alpha value is -5.36. The molecule has 5 rings (SSSR count). The zero-order valence-corrected chi connectivity index (χ0v) is 25.3. The molecule has 0 aliphatic carbocycles. The van der Waals surface area contributed by atoms with Crippen molar-refractivity contribution < 1.29 is 55.9 Å². The number of hydrogen-bond acceptors (Lipinski definition) is 11. The Morgan fingerprint density at radius 3 is 1.46 bits per heavy atom. The minimum absolute atomic E-state index is 0. The van der Waals surface area contributed by atoms with E-state index in [9.17, 15) is 26.3 Å². The summed E-state index contributed by atoms with van der Waals surface area (Å²) in [5, 5.41) is 41.0. The maximum atomic E-state index is 12.5. The fourth-order valence-electron chi connectivity index (χ4n) is 2.91. The number of hydrogen-bond donors (Lipinski definition) is 0. The molecule has 11 nitrogen and oxygen atoms in total. The Morgan fingerprint density at radius 2 is 1.09 bits per heavy atom. The van der Waals surface area contributed by atoms with E-state index in [2.05, 4.69) is 30.4 Å². The Balaban J connectivity index is 0.000000370. The molecular weight excluding hydrogens is 631 g/mol. The number of benzene rings is 2. The van der Waals surface area contributed by atoms with Gasteiger partial charge in [0.05, 0.1) is 22.8 Å². The molecule has 0 saturated carbocycles. The number of rotatable bonds is 2. The van der Waals surface area contributed by atoms with Gasteiger partial charge in [0.25, 0.3) is 0 Å². The number of nitrogens with zero attached hydrogens (tertiary/aromatic N) is 9. The maximum Gasteiger partial charge on any atom is 1.00 e. The second-order valence-corrected chi connectivity index (χ2v) is 7.93. The molecule has 0 aliphatic heterocycles. The molecule has 18 heteroatoms. The Kier molecular flexibility index (Phi) is 16.1. The van der Waals surface area contributed by atoms with Gasteiger partial charge in [-0.15, -0.1) is 25.7 Å². The molecule has 0 unspecified atom stereocenters. The van der Waals surface area contributed by atoms with Gasteiger partial charge < -0.3 is 10.1 Å². The first-order valence-corrected chi connectivity index (χ1v) is 11.9. The van der Waals surface area contributed by atoms with Crippen LogP contribution in [0.1, 0.15) is 22.4 Å². The van der Waals surface area contributed by atoms with Gasteiger partial charge >= 0.3 is 41.9 Å². The van der Waals surface area contributed by atoms with Crippen molar-refractivity contribution in [3.05, 3.63) is 130 Å². The van der Waals surface area contributed by atoms with Gasteiger partial charge in [0.15, 0.2) is 0 Å². The van der Waals surface area contributed by atoms with Crippen molar-refractivity contribution in [3.8, 4) is 35.0 Å². The summed E-state index contributed by atoms with van der Waals surface area (Å²) in [7, 11) is 0. The first-order chi connectivity index (χ1) is 21.4. The molecule has 2 aromatic carbocycles. The molecule has 0 saturated heterocycles. The maximum absolute atomic E-state index is 12.5. The van der Waals surface area contributed by atoms with Gasteiger partial charge in [-0.2, -0.15) is 36.9 Å². The molecule has 228 valence electrons.